The van der Waals surface area contributed by atoms with Gasteiger partial charge in [0.25, 0.3) is 0 Å². The number of rotatable bonds is 6. The van der Waals surface area contributed by atoms with Gasteiger partial charge in [-0.05, 0) is 48.9 Å². The van der Waals surface area contributed by atoms with Crippen molar-refractivity contribution in [3.63, 3.8) is 0 Å². The Bertz CT molecular complexity index is 999. The smallest absolute Gasteiger partial charge is 0.409 e. The van der Waals surface area contributed by atoms with Crippen LogP contribution in [-0.2, 0) is 26.0 Å². The Kier molecular flexibility index (Phi) is 7.79. The van der Waals surface area contributed by atoms with Gasteiger partial charge in [0.2, 0.25) is 15.9 Å². The van der Waals surface area contributed by atoms with Crippen molar-refractivity contribution in [2.45, 2.75) is 44.4 Å². The SMILES string of the molecule is CC(C)COC(=O)N1CCN(CC(=O)N2CCc3cc(S(=O)(=O)N4CCCCC4)ccc32)CC1. The van der Waals surface area contributed by atoms with Gasteiger partial charge in [-0.3, -0.25) is 9.69 Å². The molecule has 0 bridgehead atoms. The van der Waals surface area contributed by atoms with Crippen molar-refractivity contribution in [2.75, 3.05) is 63.9 Å². The van der Waals surface area contributed by atoms with Crippen LogP contribution in [0.25, 0.3) is 0 Å². The number of piperidine rings is 1. The lowest BCUT2D eigenvalue weighted by atomic mass is 10.2. The summed E-state index contributed by atoms with van der Waals surface area (Å²) in [6.45, 7) is 8.73. The fourth-order valence-corrected chi connectivity index (χ4v) is 6.31. The summed E-state index contributed by atoms with van der Waals surface area (Å²) in [6.07, 6.45) is 3.24. The van der Waals surface area contributed by atoms with Crippen molar-refractivity contribution in [1.29, 1.82) is 0 Å². The molecule has 0 N–H and O–H groups in total. The number of sulfonamides is 1. The third kappa shape index (κ3) is 5.55. The molecule has 3 aliphatic rings. The minimum atomic E-state index is -3.49. The minimum Gasteiger partial charge on any atom is -0.449 e. The van der Waals surface area contributed by atoms with Gasteiger partial charge in [0, 0.05) is 51.5 Å². The van der Waals surface area contributed by atoms with Crippen LogP contribution in [0.4, 0.5) is 10.5 Å². The van der Waals surface area contributed by atoms with Crippen molar-refractivity contribution in [3.05, 3.63) is 23.8 Å². The predicted molar refractivity (Wildman–Crippen MR) is 129 cm³/mol. The molecule has 2 fully saturated rings. The quantitative estimate of drug-likeness (QED) is 0.605. The van der Waals surface area contributed by atoms with Crippen molar-refractivity contribution >= 4 is 27.7 Å². The monoisotopic (exact) mass is 492 g/mol. The van der Waals surface area contributed by atoms with Gasteiger partial charge >= 0.3 is 6.09 Å². The summed E-state index contributed by atoms with van der Waals surface area (Å²) >= 11 is 0. The van der Waals surface area contributed by atoms with Crippen LogP contribution in [0.1, 0.15) is 38.7 Å². The highest BCUT2D eigenvalue weighted by molar-refractivity contribution is 7.89. The average molecular weight is 493 g/mol. The molecule has 0 saturated carbocycles. The zero-order valence-corrected chi connectivity index (χ0v) is 21.1. The van der Waals surface area contributed by atoms with Gasteiger partial charge in [-0.15, -0.1) is 0 Å². The second-order valence-corrected chi connectivity index (χ2v) is 11.7. The van der Waals surface area contributed by atoms with Crippen LogP contribution in [0.2, 0.25) is 0 Å². The van der Waals surface area contributed by atoms with E-state index in [1.165, 1.54) is 0 Å². The summed E-state index contributed by atoms with van der Waals surface area (Å²) in [5, 5.41) is 0. The maximum absolute atomic E-state index is 13.1. The summed E-state index contributed by atoms with van der Waals surface area (Å²) in [7, 11) is -3.49. The maximum atomic E-state index is 13.1. The topological polar surface area (TPSA) is 90.5 Å². The van der Waals surface area contributed by atoms with Crippen molar-refractivity contribution in [1.82, 2.24) is 14.1 Å². The van der Waals surface area contributed by atoms with E-state index in [1.54, 1.807) is 32.3 Å². The molecule has 188 valence electrons. The van der Waals surface area contributed by atoms with Gasteiger partial charge in [0.05, 0.1) is 18.0 Å². The third-order valence-corrected chi connectivity index (χ3v) is 8.62. The Morgan fingerprint density at radius 3 is 2.35 bits per heavy atom. The zero-order chi connectivity index (χ0) is 24.3. The second kappa shape index (κ2) is 10.6. The number of hydrogen-bond donors (Lipinski definition) is 0. The lowest BCUT2D eigenvalue weighted by molar-refractivity contribution is -0.120. The third-order valence-electron chi connectivity index (χ3n) is 6.73. The lowest BCUT2D eigenvalue weighted by Gasteiger charge is -2.34. The number of nitrogens with zero attached hydrogens (tertiary/aromatic N) is 4. The minimum absolute atomic E-state index is 0.00113. The summed E-state index contributed by atoms with van der Waals surface area (Å²) in [4.78, 5) is 31.0. The molecule has 4 rings (SSSR count). The molecule has 3 aliphatic heterocycles. The van der Waals surface area contributed by atoms with Gasteiger partial charge < -0.3 is 14.5 Å². The normalized spacial score (nSPS) is 20.0. The predicted octanol–water partition coefficient (Wildman–Crippen LogP) is 2.16. The molecule has 3 heterocycles. The molecule has 0 spiro atoms. The van der Waals surface area contributed by atoms with E-state index in [0.29, 0.717) is 69.7 Å². The number of hydrogen-bond acceptors (Lipinski definition) is 6. The number of carbonyl (C=O) groups excluding carboxylic acids is 2. The molecule has 0 radical (unpaired) electrons. The highest BCUT2D eigenvalue weighted by atomic mass is 32.2. The van der Waals surface area contributed by atoms with E-state index in [9.17, 15) is 18.0 Å². The van der Waals surface area contributed by atoms with E-state index in [2.05, 4.69) is 4.90 Å². The Hall–Kier alpha value is -2.17. The highest BCUT2D eigenvalue weighted by Crippen LogP contribution is 2.32. The molecule has 1 aromatic rings. The Morgan fingerprint density at radius 1 is 0.971 bits per heavy atom. The number of benzene rings is 1. The molecular formula is C24H36N4O5S. The number of ether oxygens (including phenoxy) is 1. The first-order chi connectivity index (χ1) is 16.3. The van der Waals surface area contributed by atoms with Gasteiger partial charge in [-0.2, -0.15) is 4.31 Å². The van der Waals surface area contributed by atoms with Crippen molar-refractivity contribution < 1.29 is 22.7 Å². The molecule has 0 atom stereocenters. The van der Waals surface area contributed by atoms with Crippen LogP contribution in [0.5, 0.6) is 0 Å². The highest BCUT2D eigenvalue weighted by Gasteiger charge is 2.31. The zero-order valence-electron chi connectivity index (χ0n) is 20.2. The van der Waals surface area contributed by atoms with E-state index < -0.39 is 10.0 Å². The number of anilines is 1. The molecular weight excluding hydrogens is 456 g/mol. The van der Waals surface area contributed by atoms with Gasteiger partial charge in [-0.1, -0.05) is 20.3 Å². The molecule has 0 aliphatic carbocycles. The molecule has 0 unspecified atom stereocenters. The maximum Gasteiger partial charge on any atom is 0.409 e. The van der Waals surface area contributed by atoms with Crippen molar-refractivity contribution in [2.24, 2.45) is 5.92 Å². The van der Waals surface area contributed by atoms with E-state index in [4.69, 9.17) is 4.74 Å². The van der Waals surface area contributed by atoms with E-state index in [-0.39, 0.29) is 18.5 Å². The van der Waals surface area contributed by atoms with Crippen molar-refractivity contribution in [3.8, 4) is 0 Å². The molecule has 34 heavy (non-hydrogen) atoms. The van der Waals surface area contributed by atoms with Crippen LogP contribution in [0.15, 0.2) is 23.1 Å². The first-order valence-electron chi connectivity index (χ1n) is 12.3. The molecule has 1 aromatic carbocycles. The largest absolute Gasteiger partial charge is 0.449 e. The molecule has 0 aromatic heterocycles. The summed E-state index contributed by atoms with van der Waals surface area (Å²) in [6, 6.07) is 5.16. The molecule has 2 saturated heterocycles. The van der Waals surface area contributed by atoms with Crippen LogP contribution >= 0.6 is 0 Å². The van der Waals surface area contributed by atoms with E-state index in [1.807, 2.05) is 13.8 Å². The molecule has 2 amide bonds. The van der Waals surface area contributed by atoms with Crippen LogP contribution in [-0.4, -0.2) is 93.5 Å². The van der Waals surface area contributed by atoms with Gasteiger partial charge in [0.1, 0.15) is 0 Å². The number of amides is 2. The fraction of sp³-hybridized carbons (Fsp3) is 0.667. The lowest BCUT2D eigenvalue weighted by Crippen LogP contribution is -2.51. The first-order valence-corrected chi connectivity index (χ1v) is 13.8. The Labute approximate surface area is 202 Å². The standard InChI is InChI=1S/C24H36N4O5S/c1-19(2)18-33-24(30)26-14-12-25(13-15-26)17-23(29)28-11-8-20-16-21(6-7-22(20)28)34(31,32)27-9-4-3-5-10-27/h6-7,16,19H,3-5,8-15,17-18H2,1-2H3. The number of fused-ring (bicyclic) bond motifs is 1. The Balaban J connectivity index is 1.33. The van der Waals surface area contributed by atoms with Gasteiger partial charge in [-0.25, -0.2) is 13.2 Å². The molecule has 10 heteroatoms. The van der Waals surface area contributed by atoms with Crippen LogP contribution in [0.3, 0.4) is 0 Å². The van der Waals surface area contributed by atoms with Crippen LogP contribution in [0, 0.1) is 5.92 Å². The Morgan fingerprint density at radius 2 is 1.68 bits per heavy atom. The summed E-state index contributed by atoms with van der Waals surface area (Å²) in [5.41, 5.74) is 1.71. The fourth-order valence-electron chi connectivity index (χ4n) is 4.75. The van der Waals surface area contributed by atoms with E-state index in [0.717, 1.165) is 30.5 Å². The van der Waals surface area contributed by atoms with Crippen LogP contribution < -0.4 is 4.90 Å². The summed E-state index contributed by atoms with van der Waals surface area (Å²) < 4.78 is 32.9. The average Bonchev–Trinajstić information content (AvgIpc) is 3.27. The second-order valence-electron chi connectivity index (χ2n) is 9.78. The number of carbonyl (C=O) groups is 2. The summed E-state index contributed by atoms with van der Waals surface area (Å²) in [5.74, 6) is 0.299. The first kappa shape index (κ1) is 24.9. The molecule has 9 nitrogen and oxygen atoms in total. The number of piperazine rings is 1. The van der Waals surface area contributed by atoms with E-state index >= 15 is 0 Å². The van der Waals surface area contributed by atoms with Gasteiger partial charge in [0.15, 0.2) is 0 Å².